The number of nitrogens with one attached hydrogen (secondary N) is 2. The molecule has 0 spiro atoms. The number of hydrogen-bond donors (Lipinski definition) is 2. The van der Waals surface area contributed by atoms with Crippen LogP contribution in [0.1, 0.15) is 36.8 Å². The highest BCUT2D eigenvalue weighted by Crippen LogP contribution is 2.31. The van der Waals surface area contributed by atoms with E-state index in [9.17, 15) is 9.59 Å². The third kappa shape index (κ3) is 4.58. The zero-order valence-electron chi connectivity index (χ0n) is 15.4. The molecule has 0 radical (unpaired) electrons. The molecular weight excluding hydrogens is 328 g/mol. The molecule has 2 aromatic rings. The second-order valence-electron chi connectivity index (χ2n) is 7.34. The molecule has 0 bridgehead atoms. The first-order valence-corrected chi connectivity index (χ1v) is 9.06. The Morgan fingerprint density at radius 2 is 1.96 bits per heavy atom. The summed E-state index contributed by atoms with van der Waals surface area (Å²) in [7, 11) is 0. The van der Waals surface area contributed by atoms with Crippen LogP contribution in [0.25, 0.3) is 0 Å². The molecule has 1 aromatic carbocycles. The third-order valence-electron chi connectivity index (χ3n) is 5.09. The van der Waals surface area contributed by atoms with E-state index in [0.29, 0.717) is 11.5 Å². The van der Waals surface area contributed by atoms with E-state index in [1.54, 1.807) is 6.92 Å². The van der Waals surface area contributed by atoms with Gasteiger partial charge in [-0.1, -0.05) is 37.3 Å². The second kappa shape index (κ2) is 7.83. The molecule has 26 heavy (non-hydrogen) atoms. The number of piperidine rings is 1. The number of aromatic amines is 1. The molecule has 1 aromatic heterocycles. The topological polar surface area (TPSA) is 78.1 Å². The molecule has 0 aliphatic carbocycles. The smallest absolute Gasteiger partial charge is 0.251 e. The summed E-state index contributed by atoms with van der Waals surface area (Å²) < 4.78 is 0. The summed E-state index contributed by atoms with van der Waals surface area (Å²) in [6, 6.07) is 11.8. The standard InChI is InChI=1S/C20H26N4O2/c1-15-12-18(25)23-17(22-15)13-21-19(26)20(2)8-10-24(11-9-20)14-16-6-4-3-5-7-16/h3-7,12H,8-11,13-14H2,1-2H3,(H,21,26)(H,22,23,25). The Morgan fingerprint density at radius 1 is 1.27 bits per heavy atom. The molecule has 1 saturated heterocycles. The predicted molar refractivity (Wildman–Crippen MR) is 101 cm³/mol. The number of carbonyl (C=O) groups excluding carboxylic acids is 1. The van der Waals surface area contributed by atoms with Gasteiger partial charge in [0.05, 0.1) is 6.54 Å². The molecule has 1 fully saturated rings. The van der Waals surface area contributed by atoms with E-state index in [-0.39, 0.29) is 23.4 Å². The maximum Gasteiger partial charge on any atom is 0.251 e. The number of hydrogen-bond acceptors (Lipinski definition) is 4. The molecule has 1 aliphatic rings. The molecule has 2 heterocycles. The molecule has 6 heteroatoms. The van der Waals surface area contributed by atoms with Gasteiger partial charge in [-0.2, -0.15) is 0 Å². The molecule has 1 aliphatic heterocycles. The monoisotopic (exact) mass is 354 g/mol. The van der Waals surface area contributed by atoms with Gasteiger partial charge in [-0.05, 0) is 38.4 Å². The van der Waals surface area contributed by atoms with E-state index in [4.69, 9.17) is 0 Å². The van der Waals surface area contributed by atoms with Gasteiger partial charge < -0.3 is 10.3 Å². The highest BCUT2D eigenvalue weighted by atomic mass is 16.2. The molecule has 0 unspecified atom stereocenters. The average Bonchev–Trinajstić information content (AvgIpc) is 2.62. The Balaban J connectivity index is 1.52. The molecule has 0 atom stereocenters. The molecule has 3 rings (SSSR count). The molecule has 6 nitrogen and oxygen atoms in total. The van der Waals surface area contributed by atoms with E-state index in [1.165, 1.54) is 11.6 Å². The van der Waals surface area contributed by atoms with Gasteiger partial charge in [-0.15, -0.1) is 0 Å². The summed E-state index contributed by atoms with van der Waals surface area (Å²) in [4.78, 5) is 33.5. The first-order chi connectivity index (χ1) is 12.4. The molecule has 138 valence electrons. The van der Waals surface area contributed by atoms with Crippen molar-refractivity contribution >= 4 is 5.91 Å². The highest BCUT2D eigenvalue weighted by molar-refractivity contribution is 5.82. The van der Waals surface area contributed by atoms with Crippen LogP contribution in [0.4, 0.5) is 0 Å². The van der Waals surface area contributed by atoms with Gasteiger partial charge in [0.25, 0.3) is 5.56 Å². The maximum absolute atomic E-state index is 12.7. The minimum atomic E-state index is -0.378. The molecule has 1 amide bonds. The van der Waals surface area contributed by atoms with Gasteiger partial charge in [0.2, 0.25) is 5.91 Å². The number of aromatic nitrogens is 2. The summed E-state index contributed by atoms with van der Waals surface area (Å²) in [6.07, 6.45) is 1.65. The van der Waals surface area contributed by atoms with Gasteiger partial charge in [-0.25, -0.2) is 4.98 Å². The quantitative estimate of drug-likeness (QED) is 0.861. The SMILES string of the molecule is Cc1cc(=O)[nH]c(CNC(=O)C2(C)CCN(Cc3ccccc3)CC2)n1. The third-order valence-corrected chi connectivity index (χ3v) is 5.09. The van der Waals surface area contributed by atoms with Gasteiger partial charge >= 0.3 is 0 Å². The summed E-state index contributed by atoms with van der Waals surface area (Å²) in [5, 5.41) is 2.94. The normalized spacial score (nSPS) is 17.0. The fourth-order valence-corrected chi connectivity index (χ4v) is 3.38. The van der Waals surface area contributed by atoms with Crippen molar-refractivity contribution in [2.45, 2.75) is 39.8 Å². The van der Waals surface area contributed by atoms with Crippen molar-refractivity contribution in [3.63, 3.8) is 0 Å². The number of carbonyl (C=O) groups is 1. The predicted octanol–water partition coefficient (Wildman–Crippen LogP) is 2.00. The number of likely N-dealkylation sites (tertiary alicyclic amines) is 1. The Hall–Kier alpha value is -2.47. The van der Waals surface area contributed by atoms with Crippen molar-refractivity contribution < 1.29 is 4.79 Å². The lowest BCUT2D eigenvalue weighted by molar-refractivity contribution is -0.133. The number of aryl methyl sites for hydroxylation is 1. The van der Waals surface area contributed by atoms with Crippen LogP contribution in [-0.4, -0.2) is 33.9 Å². The average molecular weight is 354 g/mol. The second-order valence-corrected chi connectivity index (χ2v) is 7.34. The van der Waals surface area contributed by atoms with E-state index < -0.39 is 0 Å². The molecule has 0 saturated carbocycles. The summed E-state index contributed by atoms with van der Waals surface area (Å²) in [6.45, 7) is 6.77. The zero-order chi connectivity index (χ0) is 18.6. The first kappa shape index (κ1) is 18.3. The van der Waals surface area contributed by atoms with E-state index in [2.05, 4.69) is 44.5 Å². The van der Waals surface area contributed by atoms with Crippen LogP contribution in [0.5, 0.6) is 0 Å². The summed E-state index contributed by atoms with van der Waals surface area (Å²) in [5.74, 6) is 0.523. The van der Waals surface area contributed by atoms with Gasteiger partial charge in [0.15, 0.2) is 0 Å². The van der Waals surface area contributed by atoms with Crippen LogP contribution in [0.3, 0.4) is 0 Å². The molecular formula is C20H26N4O2. The van der Waals surface area contributed by atoms with Crippen LogP contribution < -0.4 is 10.9 Å². The minimum Gasteiger partial charge on any atom is -0.348 e. The van der Waals surface area contributed by atoms with Crippen LogP contribution in [0.15, 0.2) is 41.2 Å². The summed E-state index contributed by atoms with van der Waals surface area (Å²) in [5.41, 5.74) is 1.38. The van der Waals surface area contributed by atoms with Crippen LogP contribution in [-0.2, 0) is 17.9 Å². The van der Waals surface area contributed by atoms with Gasteiger partial charge in [0, 0.05) is 23.7 Å². The fraction of sp³-hybridized carbons (Fsp3) is 0.450. The minimum absolute atomic E-state index is 0.0287. The zero-order valence-corrected chi connectivity index (χ0v) is 15.4. The Bertz CT molecular complexity index is 808. The lowest BCUT2D eigenvalue weighted by Gasteiger charge is -2.38. The van der Waals surface area contributed by atoms with Crippen LogP contribution >= 0.6 is 0 Å². The summed E-state index contributed by atoms with van der Waals surface area (Å²) >= 11 is 0. The Kier molecular flexibility index (Phi) is 5.52. The van der Waals surface area contributed by atoms with Crippen molar-refractivity contribution in [2.24, 2.45) is 5.41 Å². The first-order valence-electron chi connectivity index (χ1n) is 9.06. The van der Waals surface area contributed by atoms with Crippen molar-refractivity contribution in [2.75, 3.05) is 13.1 Å². The van der Waals surface area contributed by atoms with Gasteiger partial charge in [-0.3, -0.25) is 14.5 Å². The van der Waals surface area contributed by atoms with E-state index in [1.807, 2.05) is 13.0 Å². The van der Waals surface area contributed by atoms with E-state index in [0.717, 1.165) is 32.5 Å². The van der Waals surface area contributed by atoms with Crippen molar-refractivity contribution in [3.05, 3.63) is 63.8 Å². The number of H-pyrrole nitrogens is 1. The van der Waals surface area contributed by atoms with Crippen LogP contribution in [0.2, 0.25) is 0 Å². The number of nitrogens with zero attached hydrogens (tertiary/aromatic N) is 2. The van der Waals surface area contributed by atoms with Crippen LogP contribution in [0, 0.1) is 12.3 Å². The number of benzene rings is 1. The lowest BCUT2D eigenvalue weighted by Crippen LogP contribution is -2.47. The highest BCUT2D eigenvalue weighted by Gasteiger charge is 2.36. The fourth-order valence-electron chi connectivity index (χ4n) is 3.38. The van der Waals surface area contributed by atoms with Crippen molar-refractivity contribution in [3.8, 4) is 0 Å². The number of amides is 1. The maximum atomic E-state index is 12.7. The number of rotatable bonds is 5. The van der Waals surface area contributed by atoms with E-state index >= 15 is 0 Å². The van der Waals surface area contributed by atoms with Crippen molar-refractivity contribution in [1.29, 1.82) is 0 Å². The van der Waals surface area contributed by atoms with Crippen molar-refractivity contribution in [1.82, 2.24) is 20.2 Å². The Morgan fingerprint density at radius 3 is 2.62 bits per heavy atom. The van der Waals surface area contributed by atoms with Gasteiger partial charge in [0.1, 0.15) is 5.82 Å². The lowest BCUT2D eigenvalue weighted by atomic mass is 9.79. The molecule has 2 N–H and O–H groups in total. The Labute approximate surface area is 153 Å². The largest absolute Gasteiger partial charge is 0.348 e.